The zero-order chi connectivity index (χ0) is 23.0. The van der Waals surface area contributed by atoms with E-state index in [1.165, 1.54) is 4.31 Å². The van der Waals surface area contributed by atoms with E-state index < -0.39 is 10.0 Å². The Balaban J connectivity index is 1.72. The van der Waals surface area contributed by atoms with Gasteiger partial charge in [-0.05, 0) is 29.8 Å². The second kappa shape index (κ2) is 10.7. The number of methoxy groups -OCH3 is 1. The Morgan fingerprint density at radius 3 is 2.22 bits per heavy atom. The molecule has 0 aliphatic carbocycles. The van der Waals surface area contributed by atoms with E-state index in [2.05, 4.69) is 5.32 Å². The molecular weight excluding hydrogens is 428 g/mol. The van der Waals surface area contributed by atoms with Crippen molar-refractivity contribution < 1.29 is 22.7 Å². The summed E-state index contributed by atoms with van der Waals surface area (Å²) in [5.41, 5.74) is 1.41. The van der Waals surface area contributed by atoms with Crippen LogP contribution in [0, 0.1) is 0 Å². The highest BCUT2D eigenvalue weighted by Gasteiger charge is 2.23. The predicted molar refractivity (Wildman–Crippen MR) is 125 cm³/mol. The number of rotatable bonds is 10. The molecule has 0 atom stereocenters. The van der Waals surface area contributed by atoms with Gasteiger partial charge in [-0.1, -0.05) is 54.6 Å². The minimum absolute atomic E-state index is 0.126. The summed E-state index contributed by atoms with van der Waals surface area (Å²) < 4.78 is 37.3. The molecule has 32 heavy (non-hydrogen) atoms. The predicted octanol–water partition coefficient (Wildman–Crippen LogP) is 3.47. The quantitative estimate of drug-likeness (QED) is 0.474. The average molecular weight is 455 g/mol. The van der Waals surface area contributed by atoms with E-state index in [-0.39, 0.29) is 31.2 Å². The Kier molecular flexibility index (Phi) is 7.72. The van der Waals surface area contributed by atoms with Gasteiger partial charge < -0.3 is 14.8 Å². The molecule has 0 aliphatic rings. The first-order chi connectivity index (χ1) is 15.4. The number of hydrogen-bond donors (Lipinski definition) is 1. The van der Waals surface area contributed by atoms with Crippen LogP contribution in [-0.2, 0) is 16.6 Å². The number of carbonyl (C=O) groups is 1. The summed E-state index contributed by atoms with van der Waals surface area (Å²) in [5, 5.41) is 2.79. The standard InChI is InChI=1S/C24H26N2O5S/c1-30-22-14-8-9-15-23(22)31-17-16-25-24(27)20-12-6-7-13-21(20)26(32(2,28)29)18-19-10-4-3-5-11-19/h3-15H,16-18H2,1-2H3,(H,25,27). The van der Waals surface area contributed by atoms with E-state index in [0.29, 0.717) is 17.2 Å². The van der Waals surface area contributed by atoms with Crippen LogP contribution in [-0.4, -0.2) is 40.8 Å². The third-order valence-corrected chi connectivity index (χ3v) is 5.83. The Hall–Kier alpha value is -3.52. The molecular formula is C24H26N2O5S. The van der Waals surface area contributed by atoms with E-state index in [1.54, 1.807) is 43.5 Å². The fourth-order valence-corrected chi connectivity index (χ4v) is 4.07. The number of para-hydroxylation sites is 3. The monoisotopic (exact) mass is 454 g/mol. The summed E-state index contributed by atoms with van der Waals surface area (Å²) in [6.45, 7) is 0.595. The van der Waals surface area contributed by atoms with E-state index in [0.717, 1.165) is 11.8 Å². The summed E-state index contributed by atoms with van der Waals surface area (Å²) in [6, 6.07) is 23.1. The third kappa shape index (κ3) is 6.01. The molecule has 0 heterocycles. The summed E-state index contributed by atoms with van der Waals surface area (Å²) in [6.07, 6.45) is 1.13. The largest absolute Gasteiger partial charge is 0.493 e. The Labute approximate surface area is 188 Å². The molecule has 0 spiro atoms. The highest BCUT2D eigenvalue weighted by atomic mass is 32.2. The third-order valence-electron chi connectivity index (χ3n) is 4.70. The highest BCUT2D eigenvalue weighted by molar-refractivity contribution is 7.92. The molecule has 1 N–H and O–H groups in total. The van der Waals surface area contributed by atoms with Gasteiger partial charge in [0.2, 0.25) is 10.0 Å². The van der Waals surface area contributed by atoms with Gasteiger partial charge in [0.1, 0.15) is 6.61 Å². The second-order valence-electron chi connectivity index (χ2n) is 7.03. The van der Waals surface area contributed by atoms with Crippen molar-refractivity contribution in [2.75, 3.05) is 30.8 Å². The molecule has 0 aromatic heterocycles. The highest BCUT2D eigenvalue weighted by Crippen LogP contribution is 2.26. The lowest BCUT2D eigenvalue weighted by Crippen LogP contribution is -2.33. The topological polar surface area (TPSA) is 84.9 Å². The van der Waals surface area contributed by atoms with Crippen molar-refractivity contribution >= 4 is 21.6 Å². The number of hydrogen-bond acceptors (Lipinski definition) is 5. The summed E-state index contributed by atoms with van der Waals surface area (Å²) in [4.78, 5) is 12.9. The molecule has 0 aliphatic heterocycles. The van der Waals surface area contributed by atoms with Crippen LogP contribution >= 0.6 is 0 Å². The van der Waals surface area contributed by atoms with Crippen LogP contribution in [0.15, 0.2) is 78.9 Å². The number of nitrogens with one attached hydrogen (secondary N) is 1. The SMILES string of the molecule is COc1ccccc1OCCNC(=O)c1ccccc1N(Cc1ccccc1)S(C)(=O)=O. The van der Waals surface area contributed by atoms with Gasteiger partial charge in [-0.2, -0.15) is 0 Å². The maximum Gasteiger partial charge on any atom is 0.253 e. The Morgan fingerprint density at radius 1 is 0.906 bits per heavy atom. The lowest BCUT2D eigenvalue weighted by atomic mass is 10.1. The average Bonchev–Trinajstić information content (AvgIpc) is 2.80. The molecule has 7 nitrogen and oxygen atoms in total. The van der Waals surface area contributed by atoms with Gasteiger partial charge in [-0.3, -0.25) is 9.10 Å². The first kappa shape index (κ1) is 23.1. The van der Waals surface area contributed by atoms with E-state index >= 15 is 0 Å². The molecule has 1 amide bonds. The van der Waals surface area contributed by atoms with Gasteiger partial charge in [0.15, 0.2) is 11.5 Å². The number of sulfonamides is 1. The first-order valence-corrected chi connectivity index (χ1v) is 11.9. The van der Waals surface area contributed by atoms with Gasteiger partial charge >= 0.3 is 0 Å². The summed E-state index contributed by atoms with van der Waals surface area (Å²) >= 11 is 0. The fraction of sp³-hybridized carbons (Fsp3) is 0.208. The van der Waals surface area contributed by atoms with Gasteiger partial charge in [0, 0.05) is 0 Å². The van der Waals surface area contributed by atoms with Crippen LogP contribution in [0.1, 0.15) is 15.9 Å². The number of ether oxygens (including phenoxy) is 2. The fourth-order valence-electron chi connectivity index (χ4n) is 3.17. The summed E-state index contributed by atoms with van der Waals surface area (Å²) in [5.74, 6) is 0.801. The molecule has 0 saturated heterocycles. The lowest BCUT2D eigenvalue weighted by molar-refractivity contribution is 0.0947. The molecule has 3 rings (SSSR count). The Morgan fingerprint density at radius 2 is 1.53 bits per heavy atom. The van der Waals surface area contributed by atoms with Crippen molar-refractivity contribution in [1.29, 1.82) is 0 Å². The van der Waals surface area contributed by atoms with Gasteiger partial charge in [-0.15, -0.1) is 0 Å². The minimum Gasteiger partial charge on any atom is -0.493 e. The number of benzene rings is 3. The van der Waals surface area contributed by atoms with Crippen LogP contribution in [0.5, 0.6) is 11.5 Å². The molecule has 0 saturated carbocycles. The summed E-state index contributed by atoms with van der Waals surface area (Å²) in [7, 11) is -2.07. The normalized spacial score (nSPS) is 10.9. The lowest BCUT2D eigenvalue weighted by Gasteiger charge is -2.24. The molecule has 3 aromatic carbocycles. The van der Waals surface area contributed by atoms with Crippen molar-refractivity contribution in [3.8, 4) is 11.5 Å². The molecule has 0 bridgehead atoms. The minimum atomic E-state index is -3.63. The number of amides is 1. The van der Waals surface area contributed by atoms with Crippen LogP contribution in [0.4, 0.5) is 5.69 Å². The van der Waals surface area contributed by atoms with Gasteiger partial charge in [0.25, 0.3) is 5.91 Å². The zero-order valence-corrected chi connectivity index (χ0v) is 18.8. The van der Waals surface area contributed by atoms with Crippen molar-refractivity contribution in [2.45, 2.75) is 6.54 Å². The van der Waals surface area contributed by atoms with Gasteiger partial charge in [-0.25, -0.2) is 8.42 Å². The van der Waals surface area contributed by atoms with Crippen molar-refractivity contribution in [2.24, 2.45) is 0 Å². The van der Waals surface area contributed by atoms with Crippen LogP contribution in [0.3, 0.4) is 0 Å². The van der Waals surface area contributed by atoms with Crippen molar-refractivity contribution in [1.82, 2.24) is 5.32 Å². The zero-order valence-electron chi connectivity index (χ0n) is 18.0. The molecule has 168 valence electrons. The molecule has 0 unspecified atom stereocenters. The maximum atomic E-state index is 12.9. The van der Waals surface area contributed by atoms with Crippen LogP contribution < -0.4 is 19.1 Å². The van der Waals surface area contributed by atoms with Crippen LogP contribution in [0.25, 0.3) is 0 Å². The van der Waals surface area contributed by atoms with E-state index in [4.69, 9.17) is 9.47 Å². The van der Waals surface area contributed by atoms with E-state index in [9.17, 15) is 13.2 Å². The molecule has 0 radical (unpaired) electrons. The van der Waals surface area contributed by atoms with Crippen LogP contribution in [0.2, 0.25) is 0 Å². The molecule has 3 aromatic rings. The molecule has 0 fully saturated rings. The Bertz CT molecular complexity index is 1150. The smallest absolute Gasteiger partial charge is 0.253 e. The molecule has 8 heteroatoms. The van der Waals surface area contributed by atoms with Gasteiger partial charge in [0.05, 0.1) is 37.7 Å². The van der Waals surface area contributed by atoms with E-state index in [1.807, 2.05) is 42.5 Å². The maximum absolute atomic E-state index is 12.9. The number of nitrogens with zero attached hydrogens (tertiary/aromatic N) is 1. The number of anilines is 1. The van der Waals surface area contributed by atoms with Crippen molar-refractivity contribution in [3.05, 3.63) is 90.0 Å². The second-order valence-corrected chi connectivity index (χ2v) is 8.93. The number of carbonyl (C=O) groups excluding carboxylic acids is 1. The first-order valence-electron chi connectivity index (χ1n) is 10.0. The van der Waals surface area contributed by atoms with Crippen molar-refractivity contribution in [3.63, 3.8) is 0 Å².